The van der Waals surface area contributed by atoms with Crippen molar-refractivity contribution in [1.82, 2.24) is 4.90 Å². The van der Waals surface area contributed by atoms with Gasteiger partial charge in [-0.2, -0.15) is 0 Å². The molecule has 0 bridgehead atoms. The number of rotatable bonds is 8. The minimum Gasteiger partial charge on any atom is -0.459 e. The Labute approximate surface area is 286 Å². The lowest BCUT2D eigenvalue weighted by atomic mass is 9.84. The Bertz CT molecular complexity index is 1110. The molecule has 0 saturated carbocycles. The summed E-state index contributed by atoms with van der Waals surface area (Å²) in [5.74, 6) is -1.73. The van der Waals surface area contributed by atoms with E-state index in [4.69, 9.17) is 28.4 Å². The molecule has 0 aliphatic carbocycles. The van der Waals surface area contributed by atoms with Gasteiger partial charge in [-0.1, -0.05) is 52.0 Å². The van der Waals surface area contributed by atoms with Gasteiger partial charge in [0, 0.05) is 37.0 Å². The van der Waals surface area contributed by atoms with Crippen LogP contribution in [-0.4, -0.2) is 127 Å². The van der Waals surface area contributed by atoms with Crippen LogP contribution >= 0.6 is 0 Å². The summed E-state index contributed by atoms with van der Waals surface area (Å²) in [6.45, 7) is 11.4. The van der Waals surface area contributed by atoms with Gasteiger partial charge in [-0.05, 0) is 59.2 Å². The molecule has 3 heterocycles. The van der Waals surface area contributed by atoms with Gasteiger partial charge in [0.05, 0.1) is 24.9 Å². The molecule has 15 atom stereocenters. The number of aliphatic hydroxyl groups is 3. The highest BCUT2D eigenvalue weighted by Gasteiger charge is 2.44. The minimum atomic E-state index is -1.21. The first-order valence-electron chi connectivity index (χ1n) is 17.3. The molecule has 48 heavy (non-hydrogen) atoms. The molecule has 3 N–H and O–H groups in total. The average molecular weight is 682 g/mol. The quantitative estimate of drug-likeness (QED) is 0.323. The van der Waals surface area contributed by atoms with Gasteiger partial charge in [0.25, 0.3) is 0 Å². The second-order valence-corrected chi connectivity index (χ2v) is 13.9. The predicted molar refractivity (Wildman–Crippen MR) is 179 cm³/mol. The lowest BCUT2D eigenvalue weighted by Crippen LogP contribution is -2.58. The average Bonchev–Trinajstić information content (AvgIpc) is 3.04. The number of hydrogen-bond donors (Lipinski definition) is 3. The second kappa shape index (κ2) is 18.8. The third kappa shape index (κ3) is 10.7. The first kappa shape index (κ1) is 40.4. The molecule has 2 fully saturated rings. The highest BCUT2D eigenvalue weighted by molar-refractivity contribution is 5.91. The van der Waals surface area contributed by atoms with E-state index in [0.29, 0.717) is 19.3 Å². The first-order valence-corrected chi connectivity index (χ1v) is 17.3. The van der Waals surface area contributed by atoms with Crippen LogP contribution in [0.15, 0.2) is 36.5 Å². The van der Waals surface area contributed by atoms with Crippen LogP contribution in [0.25, 0.3) is 0 Å². The highest BCUT2D eigenvalue weighted by Crippen LogP contribution is 2.32. The molecule has 0 aromatic rings. The Morgan fingerprint density at radius 1 is 0.875 bits per heavy atom. The van der Waals surface area contributed by atoms with Crippen LogP contribution in [0, 0.1) is 23.7 Å². The Morgan fingerprint density at radius 3 is 2.23 bits per heavy atom. The maximum Gasteiger partial charge on any atom is 0.330 e. The summed E-state index contributed by atoms with van der Waals surface area (Å²) in [6.07, 6.45) is 3.67. The monoisotopic (exact) mass is 681 g/mol. The van der Waals surface area contributed by atoms with Crippen molar-refractivity contribution in [2.24, 2.45) is 23.7 Å². The van der Waals surface area contributed by atoms with Crippen LogP contribution in [0.1, 0.15) is 60.8 Å². The fraction of sp³-hybridized carbons (Fsp3) is 0.778. The molecule has 0 radical (unpaired) electrons. The van der Waals surface area contributed by atoms with Gasteiger partial charge >= 0.3 is 5.97 Å². The number of ether oxygens (including phenoxy) is 6. The third-order valence-electron chi connectivity index (χ3n) is 9.78. The molecular formula is C36H59NO11. The third-order valence-corrected chi connectivity index (χ3v) is 9.78. The maximum atomic E-state index is 13.2. The van der Waals surface area contributed by atoms with E-state index in [2.05, 4.69) is 0 Å². The zero-order valence-electron chi connectivity index (χ0n) is 30.0. The normalized spacial score (nSPS) is 44.2. The van der Waals surface area contributed by atoms with E-state index in [1.54, 1.807) is 25.2 Å². The number of cyclic esters (lactones) is 1. The molecule has 0 aromatic carbocycles. The number of esters is 1. The lowest BCUT2D eigenvalue weighted by Gasteiger charge is -2.43. The number of nitrogens with zero attached hydrogens (tertiary/aromatic N) is 1. The predicted octanol–water partition coefficient (Wildman–Crippen LogP) is 2.78. The van der Waals surface area contributed by atoms with Gasteiger partial charge in [0.2, 0.25) is 0 Å². The van der Waals surface area contributed by atoms with Crippen LogP contribution < -0.4 is 0 Å². The van der Waals surface area contributed by atoms with E-state index < -0.39 is 67.2 Å². The van der Waals surface area contributed by atoms with Gasteiger partial charge < -0.3 is 48.6 Å². The molecule has 2 saturated heterocycles. The van der Waals surface area contributed by atoms with Crippen molar-refractivity contribution in [3.8, 4) is 0 Å². The number of hydrogen-bond acceptors (Lipinski definition) is 12. The van der Waals surface area contributed by atoms with E-state index >= 15 is 0 Å². The summed E-state index contributed by atoms with van der Waals surface area (Å²) < 4.78 is 35.7. The molecule has 0 aromatic heterocycles. The van der Waals surface area contributed by atoms with Gasteiger partial charge in [0.15, 0.2) is 18.4 Å². The van der Waals surface area contributed by atoms with E-state index in [1.807, 2.05) is 59.7 Å². The number of allylic oxidation sites excluding steroid dienone is 3. The van der Waals surface area contributed by atoms with Crippen LogP contribution in [-0.2, 0) is 38.0 Å². The SMILES string of the molecule is CC[C@@H]1OC(=O)/C=C/[C@@H](C)[C@@H](O[C@@H]2O[C@@H](C)C[C@H](N(C)C)[C@H]2O)[C@H](C)C[C@H](C)C(=O)/C=C/C=C\[C@H]1CO[C@@H]1O[C@H](C)[C@@H](O)[C@H](O)[C@H]1OC. The standard InChI is InChI=1S/C36H59NO11/c1-10-28-25(19-44-36-34(43-9)32(42)30(40)24(6)46-36)13-11-12-14-27(38)21(3)17-22(4)33(20(2)15-16-29(39)47-28)48-35-31(41)26(37(7)8)18-23(5)45-35/h11-16,20-26,28,30-36,40-42H,10,17-19H2,1-9H3/b13-11-,14-12+,16-15+/t20-,21+,22-,23+,24-,25+,26+,28+,30-,31-,32+,33-,34-,35+,36-/m1/s1. The molecule has 12 heteroatoms. The molecule has 0 unspecified atom stereocenters. The number of likely N-dealkylation sites (N-methyl/N-ethyl adjacent to an activating group) is 1. The maximum absolute atomic E-state index is 13.2. The Morgan fingerprint density at radius 2 is 1.58 bits per heavy atom. The fourth-order valence-electron chi connectivity index (χ4n) is 6.80. The Kier molecular flexibility index (Phi) is 15.9. The van der Waals surface area contributed by atoms with Gasteiger partial charge in [-0.25, -0.2) is 4.79 Å². The van der Waals surface area contributed by atoms with Crippen LogP contribution in [0.2, 0.25) is 0 Å². The zero-order valence-corrected chi connectivity index (χ0v) is 30.0. The smallest absolute Gasteiger partial charge is 0.330 e. The summed E-state index contributed by atoms with van der Waals surface area (Å²) in [5.41, 5.74) is 0. The van der Waals surface area contributed by atoms with Crippen molar-refractivity contribution in [1.29, 1.82) is 0 Å². The molecule has 12 nitrogen and oxygen atoms in total. The Balaban J connectivity index is 1.85. The number of ketones is 1. The summed E-state index contributed by atoms with van der Waals surface area (Å²) in [4.78, 5) is 28.3. The van der Waals surface area contributed by atoms with Gasteiger partial charge in [0.1, 0.15) is 30.5 Å². The molecule has 274 valence electrons. The number of aliphatic hydroxyl groups excluding tert-OH is 3. The number of carbonyl (C=O) groups is 2. The first-order chi connectivity index (χ1) is 22.7. The topological polar surface area (TPSA) is 153 Å². The van der Waals surface area contributed by atoms with Crippen molar-refractivity contribution < 1.29 is 53.3 Å². The van der Waals surface area contributed by atoms with E-state index in [1.165, 1.54) is 19.3 Å². The largest absolute Gasteiger partial charge is 0.459 e. The number of methoxy groups -OCH3 is 1. The van der Waals surface area contributed by atoms with Crippen molar-refractivity contribution in [2.75, 3.05) is 27.8 Å². The summed E-state index contributed by atoms with van der Waals surface area (Å²) >= 11 is 0. The Hall–Kier alpha value is -2.00. The van der Waals surface area contributed by atoms with Crippen LogP contribution in [0.3, 0.4) is 0 Å². The van der Waals surface area contributed by atoms with E-state index in [9.17, 15) is 24.9 Å². The summed E-state index contributed by atoms with van der Waals surface area (Å²) in [7, 11) is 5.24. The van der Waals surface area contributed by atoms with Crippen LogP contribution in [0.4, 0.5) is 0 Å². The van der Waals surface area contributed by atoms with E-state index in [0.717, 1.165) is 0 Å². The van der Waals surface area contributed by atoms with Crippen molar-refractivity contribution >= 4 is 11.8 Å². The number of carbonyl (C=O) groups excluding carboxylic acids is 2. The summed E-state index contributed by atoms with van der Waals surface area (Å²) in [5, 5.41) is 31.9. The summed E-state index contributed by atoms with van der Waals surface area (Å²) in [6, 6.07) is -0.146. The zero-order chi connectivity index (χ0) is 35.7. The molecule has 0 amide bonds. The molecule has 3 aliphatic heterocycles. The van der Waals surface area contributed by atoms with Crippen molar-refractivity contribution in [2.45, 2.75) is 128 Å². The molecular weight excluding hydrogens is 622 g/mol. The lowest BCUT2D eigenvalue weighted by molar-refractivity contribution is -0.300. The molecule has 0 spiro atoms. The van der Waals surface area contributed by atoms with Crippen molar-refractivity contribution in [3.63, 3.8) is 0 Å². The van der Waals surface area contributed by atoms with Crippen molar-refractivity contribution in [3.05, 3.63) is 36.5 Å². The van der Waals surface area contributed by atoms with E-state index in [-0.39, 0.29) is 42.3 Å². The van der Waals surface area contributed by atoms with Gasteiger partial charge in [-0.15, -0.1) is 0 Å². The highest BCUT2D eigenvalue weighted by atomic mass is 16.7. The minimum absolute atomic E-state index is 0.0397. The fourth-order valence-corrected chi connectivity index (χ4v) is 6.80. The van der Waals surface area contributed by atoms with Crippen LogP contribution in [0.5, 0.6) is 0 Å². The van der Waals surface area contributed by atoms with Gasteiger partial charge in [-0.3, -0.25) is 4.79 Å². The molecule has 3 rings (SSSR count). The molecule has 3 aliphatic rings. The second-order valence-electron chi connectivity index (χ2n) is 13.9.